The van der Waals surface area contributed by atoms with Gasteiger partial charge < -0.3 is 10.2 Å². The summed E-state index contributed by atoms with van der Waals surface area (Å²) in [5.74, 6) is 0.316. The van der Waals surface area contributed by atoms with Crippen molar-refractivity contribution in [2.75, 3.05) is 7.05 Å². The summed E-state index contributed by atoms with van der Waals surface area (Å²) in [5.41, 5.74) is 0.408. The fraction of sp³-hybridized carbons (Fsp3) is 0.630. The van der Waals surface area contributed by atoms with Crippen molar-refractivity contribution in [2.45, 2.75) is 70.9 Å². The molecule has 0 aromatic heterocycles. The maximum Gasteiger partial charge on any atom is 0.246 e. The van der Waals surface area contributed by atoms with E-state index in [0.29, 0.717) is 23.3 Å². The van der Waals surface area contributed by atoms with Gasteiger partial charge in [-0.15, -0.1) is 0 Å². The molecule has 2 amide bonds. The van der Waals surface area contributed by atoms with E-state index < -0.39 is 11.6 Å². The Kier molecular flexibility index (Phi) is 5.41. The van der Waals surface area contributed by atoms with E-state index in [2.05, 4.69) is 25.2 Å². The smallest absolute Gasteiger partial charge is 0.246 e. The first-order valence-corrected chi connectivity index (χ1v) is 12.3. The SMILES string of the molecule is CN1C(=O)C=C[C@@]2(C)C1CC[C@@H]1[C@H]2CC[C@]2(C)C(NC(=O)Cc3cc(F)cc(F)c3)CC[C@@H]12. The Morgan fingerprint density at radius 2 is 1.79 bits per heavy atom. The number of hydrogen-bond donors (Lipinski definition) is 1. The van der Waals surface area contributed by atoms with Crippen molar-refractivity contribution in [3.63, 3.8) is 0 Å². The van der Waals surface area contributed by atoms with Crippen LogP contribution in [0.25, 0.3) is 0 Å². The lowest BCUT2D eigenvalue weighted by Gasteiger charge is -2.60. The third kappa shape index (κ3) is 3.60. The largest absolute Gasteiger partial charge is 0.353 e. The number of carbonyl (C=O) groups excluding carboxylic acids is 2. The Bertz CT molecular complexity index is 990. The van der Waals surface area contributed by atoms with Crippen LogP contribution in [-0.2, 0) is 16.0 Å². The van der Waals surface area contributed by atoms with Crippen LogP contribution in [0.4, 0.5) is 8.78 Å². The molecule has 1 aromatic carbocycles. The highest BCUT2D eigenvalue weighted by molar-refractivity contribution is 5.89. The van der Waals surface area contributed by atoms with Crippen molar-refractivity contribution in [2.24, 2.45) is 28.6 Å². The molecule has 0 spiro atoms. The first kappa shape index (κ1) is 22.5. The van der Waals surface area contributed by atoms with Crippen molar-refractivity contribution >= 4 is 11.8 Å². The van der Waals surface area contributed by atoms with Gasteiger partial charge in [0, 0.05) is 30.6 Å². The molecule has 1 heterocycles. The second kappa shape index (κ2) is 7.92. The second-order valence-electron chi connectivity index (χ2n) is 11.3. The van der Waals surface area contributed by atoms with Gasteiger partial charge in [0.1, 0.15) is 11.6 Å². The molecular formula is C27H34F2N2O2. The van der Waals surface area contributed by atoms with Gasteiger partial charge in [0.2, 0.25) is 11.8 Å². The quantitative estimate of drug-likeness (QED) is 0.721. The van der Waals surface area contributed by atoms with Crippen LogP contribution in [0, 0.1) is 40.2 Å². The number of nitrogens with one attached hydrogen (secondary N) is 1. The zero-order valence-electron chi connectivity index (χ0n) is 19.7. The normalized spacial score (nSPS) is 39.6. The number of benzene rings is 1. The van der Waals surface area contributed by atoms with Gasteiger partial charge in [-0.3, -0.25) is 9.59 Å². The number of halogens is 2. The van der Waals surface area contributed by atoms with E-state index in [0.717, 1.165) is 44.6 Å². The summed E-state index contributed by atoms with van der Waals surface area (Å²) in [5, 5.41) is 3.23. The van der Waals surface area contributed by atoms with Crippen molar-refractivity contribution in [1.29, 1.82) is 0 Å². The molecule has 178 valence electrons. The average Bonchev–Trinajstić information content (AvgIpc) is 3.06. The Morgan fingerprint density at radius 1 is 1.06 bits per heavy atom. The number of hydrogen-bond acceptors (Lipinski definition) is 2. The first-order valence-electron chi connectivity index (χ1n) is 12.3. The highest BCUT2D eigenvalue weighted by atomic mass is 19.1. The Labute approximate surface area is 194 Å². The molecule has 4 aliphatic rings. The van der Waals surface area contributed by atoms with E-state index in [1.165, 1.54) is 12.1 Å². The third-order valence-corrected chi connectivity index (χ3v) is 9.75. The van der Waals surface area contributed by atoms with Gasteiger partial charge in [-0.1, -0.05) is 19.9 Å². The number of nitrogens with zero attached hydrogens (tertiary/aromatic N) is 1. The van der Waals surface area contributed by atoms with E-state index in [1.54, 1.807) is 6.08 Å². The predicted molar refractivity (Wildman–Crippen MR) is 122 cm³/mol. The first-order chi connectivity index (χ1) is 15.6. The minimum atomic E-state index is -0.655. The van der Waals surface area contributed by atoms with Crippen molar-refractivity contribution in [1.82, 2.24) is 10.2 Å². The summed E-state index contributed by atoms with van der Waals surface area (Å²) >= 11 is 0. The molecule has 0 saturated heterocycles. The fourth-order valence-electron chi connectivity index (χ4n) is 8.12. The minimum Gasteiger partial charge on any atom is -0.353 e. The number of rotatable bonds is 3. The summed E-state index contributed by atoms with van der Waals surface area (Å²) < 4.78 is 27.0. The van der Waals surface area contributed by atoms with E-state index in [-0.39, 0.29) is 41.1 Å². The molecule has 3 saturated carbocycles. The molecule has 0 bridgehead atoms. The molecule has 5 rings (SSSR count). The Balaban J connectivity index is 1.31. The summed E-state index contributed by atoms with van der Waals surface area (Å²) in [6.07, 6.45) is 10.3. The lowest BCUT2D eigenvalue weighted by molar-refractivity contribution is -0.138. The molecular weight excluding hydrogens is 422 g/mol. The molecule has 4 nitrogen and oxygen atoms in total. The molecule has 1 N–H and O–H groups in total. The molecule has 2 unspecified atom stereocenters. The molecule has 33 heavy (non-hydrogen) atoms. The van der Waals surface area contributed by atoms with Crippen LogP contribution in [0.5, 0.6) is 0 Å². The molecule has 1 aliphatic heterocycles. The third-order valence-electron chi connectivity index (χ3n) is 9.75. The van der Waals surface area contributed by atoms with Gasteiger partial charge in [-0.25, -0.2) is 8.78 Å². The molecule has 1 aromatic rings. The van der Waals surface area contributed by atoms with Gasteiger partial charge >= 0.3 is 0 Å². The van der Waals surface area contributed by atoms with Crippen LogP contribution < -0.4 is 5.32 Å². The van der Waals surface area contributed by atoms with E-state index in [4.69, 9.17) is 0 Å². The van der Waals surface area contributed by atoms with Crippen LogP contribution in [0.1, 0.15) is 57.9 Å². The lowest BCUT2D eigenvalue weighted by atomic mass is 9.48. The molecule has 6 heteroatoms. The van der Waals surface area contributed by atoms with Crippen molar-refractivity contribution in [3.05, 3.63) is 47.5 Å². The molecule has 7 atom stereocenters. The second-order valence-corrected chi connectivity index (χ2v) is 11.3. The van der Waals surface area contributed by atoms with Gasteiger partial charge in [-0.2, -0.15) is 0 Å². The van der Waals surface area contributed by atoms with Crippen LogP contribution in [0.3, 0.4) is 0 Å². The fourth-order valence-corrected chi connectivity index (χ4v) is 8.12. The maximum absolute atomic E-state index is 13.5. The van der Waals surface area contributed by atoms with E-state index in [1.807, 2.05) is 11.9 Å². The summed E-state index contributed by atoms with van der Waals surface area (Å²) in [6.45, 7) is 4.66. The lowest BCUT2D eigenvalue weighted by Crippen LogP contribution is -2.60. The predicted octanol–water partition coefficient (Wildman–Crippen LogP) is 4.63. The zero-order valence-corrected chi connectivity index (χ0v) is 19.7. The van der Waals surface area contributed by atoms with E-state index >= 15 is 0 Å². The van der Waals surface area contributed by atoms with Gasteiger partial charge in [0.05, 0.1) is 6.42 Å². The summed E-state index contributed by atoms with van der Waals surface area (Å²) in [6, 6.07) is 3.64. The number of amides is 2. The van der Waals surface area contributed by atoms with Crippen LogP contribution in [0.15, 0.2) is 30.4 Å². The monoisotopic (exact) mass is 456 g/mol. The Morgan fingerprint density at radius 3 is 2.52 bits per heavy atom. The van der Waals surface area contributed by atoms with Crippen molar-refractivity contribution in [3.8, 4) is 0 Å². The van der Waals surface area contributed by atoms with Crippen molar-refractivity contribution < 1.29 is 18.4 Å². The molecule has 0 radical (unpaired) electrons. The van der Waals surface area contributed by atoms with E-state index in [9.17, 15) is 18.4 Å². The molecule has 3 fully saturated rings. The van der Waals surface area contributed by atoms with Gasteiger partial charge in [0.25, 0.3) is 0 Å². The number of carbonyl (C=O) groups is 2. The van der Waals surface area contributed by atoms with Gasteiger partial charge in [0.15, 0.2) is 0 Å². The van der Waals surface area contributed by atoms with Crippen LogP contribution in [-0.4, -0.2) is 35.8 Å². The van der Waals surface area contributed by atoms with Crippen LogP contribution in [0.2, 0.25) is 0 Å². The number of likely N-dealkylation sites (N-methyl/N-ethyl adjacent to an activating group) is 1. The zero-order chi connectivity index (χ0) is 23.5. The average molecular weight is 457 g/mol. The topological polar surface area (TPSA) is 49.4 Å². The van der Waals surface area contributed by atoms with Gasteiger partial charge in [-0.05, 0) is 85.5 Å². The maximum atomic E-state index is 13.5. The van der Waals surface area contributed by atoms with Crippen LogP contribution >= 0.6 is 0 Å². The summed E-state index contributed by atoms with van der Waals surface area (Å²) in [4.78, 5) is 27.0. The standard InChI is InChI=1S/C27H34F2N2O2/c1-26-10-8-21-19(4-7-23-27(21,2)11-9-25(33)31(23)3)20(26)5-6-22(26)30-24(32)14-16-12-17(28)15-18(29)13-16/h9,11-13,15,19-23H,4-8,10,14H2,1-3H3,(H,30,32)/t19-,20-,21+,22?,23?,26-,27+/m0/s1. The summed E-state index contributed by atoms with van der Waals surface area (Å²) in [7, 11) is 1.94. The highest BCUT2D eigenvalue weighted by Crippen LogP contribution is 2.63. The molecule has 3 aliphatic carbocycles. The minimum absolute atomic E-state index is 0.00962. The highest BCUT2D eigenvalue weighted by Gasteiger charge is 2.60. The Hall–Kier alpha value is -2.24. The number of fused-ring (bicyclic) bond motifs is 5.